The van der Waals surface area contributed by atoms with Crippen LogP contribution in [0, 0.1) is 0 Å². The number of nitrogens with two attached hydrogens (primary N) is 1. The fourth-order valence-electron chi connectivity index (χ4n) is 2.24. The zero-order valence-electron chi connectivity index (χ0n) is 14.9. The molecule has 0 saturated heterocycles. The number of ether oxygens (including phenoxy) is 2. The number of nitrogens with zero attached hydrogens (tertiary/aromatic N) is 2. The molecular formula is C19H17ClN4O3S. The monoisotopic (exact) mass is 416 g/mol. The minimum Gasteiger partial charge on any atom is -0.490 e. The number of hydrogen-bond acceptors (Lipinski definition) is 8. The molecule has 0 bridgehead atoms. The van der Waals surface area contributed by atoms with Gasteiger partial charge in [-0.2, -0.15) is 5.10 Å². The third-order valence-electron chi connectivity index (χ3n) is 3.46. The zero-order chi connectivity index (χ0) is 19.9. The van der Waals surface area contributed by atoms with Gasteiger partial charge in [0.15, 0.2) is 11.5 Å². The van der Waals surface area contributed by atoms with E-state index in [4.69, 9.17) is 26.8 Å². The van der Waals surface area contributed by atoms with Gasteiger partial charge in [0.05, 0.1) is 23.4 Å². The number of carbonyl (C=O) groups is 1. The lowest BCUT2D eigenvalue weighted by Gasteiger charge is -2.11. The van der Waals surface area contributed by atoms with Crippen LogP contribution in [0.15, 0.2) is 52.9 Å². The summed E-state index contributed by atoms with van der Waals surface area (Å²) in [6, 6.07) is 11.8. The van der Waals surface area contributed by atoms with Gasteiger partial charge in [-0.05, 0) is 42.8 Å². The maximum atomic E-state index is 12.4. The van der Waals surface area contributed by atoms with E-state index in [1.165, 1.54) is 11.3 Å². The molecule has 1 aromatic heterocycles. The molecule has 0 saturated carbocycles. The van der Waals surface area contributed by atoms with Crippen molar-refractivity contribution in [2.24, 2.45) is 5.10 Å². The quantitative estimate of drug-likeness (QED) is 0.255. The molecule has 28 heavy (non-hydrogen) atoms. The molecular weight excluding hydrogens is 400 g/mol. The van der Waals surface area contributed by atoms with Crippen LogP contribution in [0.3, 0.4) is 0 Å². The molecule has 0 spiro atoms. The Bertz CT molecular complexity index is 1010. The van der Waals surface area contributed by atoms with Crippen molar-refractivity contribution in [1.29, 1.82) is 0 Å². The summed E-state index contributed by atoms with van der Waals surface area (Å²) in [5.41, 5.74) is 9.39. The maximum Gasteiger partial charge on any atom is 0.345 e. The van der Waals surface area contributed by atoms with E-state index in [-0.39, 0.29) is 5.56 Å². The predicted molar refractivity (Wildman–Crippen MR) is 112 cm³/mol. The maximum absolute atomic E-state index is 12.4. The van der Waals surface area contributed by atoms with Crippen LogP contribution in [0.4, 0.5) is 10.9 Å². The number of hydrogen-bond donors (Lipinski definition) is 2. The van der Waals surface area contributed by atoms with Crippen molar-refractivity contribution in [2.75, 3.05) is 17.8 Å². The smallest absolute Gasteiger partial charge is 0.345 e. The first-order valence-electron chi connectivity index (χ1n) is 8.30. The Morgan fingerprint density at radius 3 is 2.86 bits per heavy atom. The Hall–Kier alpha value is -3.10. The van der Waals surface area contributed by atoms with Crippen molar-refractivity contribution >= 4 is 46.1 Å². The first kappa shape index (κ1) is 19.7. The molecule has 0 aliphatic rings. The highest BCUT2D eigenvalue weighted by molar-refractivity contribution is 7.14. The molecule has 9 heteroatoms. The molecule has 0 atom stereocenters. The van der Waals surface area contributed by atoms with Crippen molar-refractivity contribution in [3.8, 4) is 11.5 Å². The Labute approximate surface area is 170 Å². The summed E-state index contributed by atoms with van der Waals surface area (Å²) in [5, 5.41) is 6.74. The van der Waals surface area contributed by atoms with Crippen molar-refractivity contribution in [3.05, 3.63) is 64.0 Å². The van der Waals surface area contributed by atoms with Crippen LogP contribution in [0.1, 0.15) is 22.8 Å². The highest BCUT2D eigenvalue weighted by Gasteiger charge is 2.15. The highest BCUT2D eigenvalue weighted by Crippen LogP contribution is 2.29. The van der Waals surface area contributed by atoms with E-state index < -0.39 is 5.97 Å². The zero-order valence-corrected chi connectivity index (χ0v) is 16.5. The molecule has 2 aromatic carbocycles. The first-order chi connectivity index (χ1) is 13.6. The molecule has 0 fully saturated rings. The molecule has 0 radical (unpaired) electrons. The van der Waals surface area contributed by atoms with Crippen molar-refractivity contribution in [3.63, 3.8) is 0 Å². The number of carbonyl (C=O) groups excluding carboxylic acids is 1. The van der Waals surface area contributed by atoms with Crippen molar-refractivity contribution < 1.29 is 14.3 Å². The Kier molecular flexibility index (Phi) is 6.46. The number of hydrazone groups is 1. The van der Waals surface area contributed by atoms with Gasteiger partial charge in [0, 0.05) is 5.38 Å². The van der Waals surface area contributed by atoms with Gasteiger partial charge in [-0.1, -0.05) is 23.7 Å². The molecule has 144 valence electrons. The number of benzene rings is 2. The van der Waals surface area contributed by atoms with Gasteiger partial charge >= 0.3 is 5.97 Å². The van der Waals surface area contributed by atoms with Gasteiger partial charge in [-0.3, -0.25) is 5.43 Å². The van der Waals surface area contributed by atoms with Crippen molar-refractivity contribution in [2.45, 2.75) is 6.92 Å². The molecule has 0 amide bonds. The Morgan fingerprint density at radius 1 is 1.32 bits per heavy atom. The summed E-state index contributed by atoms with van der Waals surface area (Å²) in [7, 11) is 0. The molecule has 1 heterocycles. The normalized spacial score (nSPS) is 10.8. The van der Waals surface area contributed by atoms with Crippen LogP contribution in [-0.4, -0.2) is 23.8 Å². The average Bonchev–Trinajstić information content (AvgIpc) is 3.09. The van der Waals surface area contributed by atoms with Gasteiger partial charge in [0.25, 0.3) is 0 Å². The summed E-state index contributed by atoms with van der Waals surface area (Å²) in [5.74, 6) is 0.594. The van der Waals surface area contributed by atoms with Crippen LogP contribution in [-0.2, 0) is 0 Å². The largest absolute Gasteiger partial charge is 0.490 e. The van der Waals surface area contributed by atoms with Crippen LogP contribution < -0.4 is 20.6 Å². The SMILES string of the molecule is CCOc1cc(C=NNc2nc(N)cs2)ccc1OC(=O)c1ccccc1Cl. The average molecular weight is 417 g/mol. The molecule has 3 aromatic rings. The predicted octanol–water partition coefficient (Wildman–Crippen LogP) is 4.44. The summed E-state index contributed by atoms with van der Waals surface area (Å²) in [6.07, 6.45) is 1.60. The minimum absolute atomic E-state index is 0.282. The van der Waals surface area contributed by atoms with E-state index in [1.54, 1.807) is 54.1 Å². The topological polar surface area (TPSA) is 98.8 Å². The summed E-state index contributed by atoms with van der Waals surface area (Å²) in [6.45, 7) is 2.25. The van der Waals surface area contributed by atoms with Gasteiger partial charge in [-0.25, -0.2) is 9.78 Å². The second-order valence-electron chi connectivity index (χ2n) is 5.46. The number of halogens is 1. The van der Waals surface area contributed by atoms with Gasteiger partial charge < -0.3 is 15.2 Å². The minimum atomic E-state index is -0.559. The number of nitrogens with one attached hydrogen (secondary N) is 1. The van der Waals surface area contributed by atoms with Gasteiger partial charge in [-0.15, -0.1) is 11.3 Å². The standard InChI is InChI=1S/C19H17ClN4O3S/c1-2-26-16-9-12(10-22-24-19-23-17(21)11-28-19)7-8-15(16)27-18(25)13-5-3-4-6-14(13)20/h3-11H,2,21H2,1H3,(H,23,24). The number of nitrogen functional groups attached to an aromatic ring is 1. The van der Waals surface area contributed by atoms with E-state index in [0.717, 1.165) is 5.56 Å². The lowest BCUT2D eigenvalue weighted by atomic mass is 10.2. The van der Waals surface area contributed by atoms with Crippen LogP contribution in [0.25, 0.3) is 0 Å². The Morgan fingerprint density at radius 2 is 2.14 bits per heavy atom. The van der Waals surface area contributed by atoms with E-state index in [2.05, 4.69) is 15.5 Å². The van der Waals surface area contributed by atoms with Gasteiger partial charge in [0.1, 0.15) is 5.82 Å². The third kappa shape index (κ3) is 4.99. The molecule has 0 unspecified atom stereocenters. The summed E-state index contributed by atoms with van der Waals surface area (Å²) in [4.78, 5) is 16.4. The number of rotatable bonds is 7. The second-order valence-corrected chi connectivity index (χ2v) is 6.72. The number of anilines is 2. The summed E-state index contributed by atoms with van der Waals surface area (Å²) < 4.78 is 11.1. The molecule has 0 aliphatic carbocycles. The van der Waals surface area contributed by atoms with E-state index >= 15 is 0 Å². The van der Waals surface area contributed by atoms with E-state index in [0.29, 0.717) is 34.1 Å². The van der Waals surface area contributed by atoms with Crippen LogP contribution >= 0.6 is 22.9 Å². The fraction of sp³-hybridized carbons (Fsp3) is 0.105. The second kappa shape index (κ2) is 9.20. The molecule has 3 rings (SSSR count). The number of esters is 1. The van der Waals surface area contributed by atoms with E-state index in [9.17, 15) is 4.79 Å². The van der Waals surface area contributed by atoms with Crippen molar-refractivity contribution in [1.82, 2.24) is 4.98 Å². The van der Waals surface area contributed by atoms with E-state index in [1.807, 2.05) is 6.92 Å². The van der Waals surface area contributed by atoms with Crippen LogP contribution in [0.5, 0.6) is 11.5 Å². The van der Waals surface area contributed by atoms with Crippen LogP contribution in [0.2, 0.25) is 5.02 Å². The number of thiazole rings is 1. The number of aromatic nitrogens is 1. The first-order valence-corrected chi connectivity index (χ1v) is 9.56. The summed E-state index contributed by atoms with van der Waals surface area (Å²) >= 11 is 7.40. The lowest BCUT2D eigenvalue weighted by Crippen LogP contribution is -2.10. The highest BCUT2D eigenvalue weighted by atomic mass is 35.5. The molecule has 0 aliphatic heterocycles. The third-order valence-corrected chi connectivity index (χ3v) is 4.55. The molecule has 3 N–H and O–H groups in total. The lowest BCUT2D eigenvalue weighted by molar-refractivity contribution is 0.0728. The Balaban J connectivity index is 1.75. The van der Waals surface area contributed by atoms with Gasteiger partial charge in [0.2, 0.25) is 5.13 Å². The fourth-order valence-corrected chi connectivity index (χ4v) is 3.00. The molecule has 7 nitrogen and oxygen atoms in total.